The van der Waals surface area contributed by atoms with Gasteiger partial charge in [0.25, 0.3) is 5.91 Å². The van der Waals surface area contributed by atoms with Crippen molar-refractivity contribution in [1.82, 2.24) is 9.88 Å². The van der Waals surface area contributed by atoms with Gasteiger partial charge in [-0.05, 0) is 52.9 Å². The van der Waals surface area contributed by atoms with Crippen molar-refractivity contribution in [3.8, 4) is 0 Å². The van der Waals surface area contributed by atoms with Gasteiger partial charge in [0.2, 0.25) is 0 Å². The maximum atomic E-state index is 13.1. The fraction of sp³-hybridized carbons (Fsp3) is 0.261. The van der Waals surface area contributed by atoms with E-state index < -0.39 is 5.97 Å². The zero-order chi connectivity index (χ0) is 21.1. The molecule has 0 radical (unpaired) electrons. The number of carboxylic acid groups (broad SMARTS) is 1. The molecule has 0 aliphatic carbocycles. The molecular formula is C23H23FN2O3. The van der Waals surface area contributed by atoms with Gasteiger partial charge in [0, 0.05) is 30.7 Å². The summed E-state index contributed by atoms with van der Waals surface area (Å²) in [5.41, 5.74) is 4.38. The zero-order valence-electron chi connectivity index (χ0n) is 16.7. The minimum atomic E-state index is -0.948. The summed E-state index contributed by atoms with van der Waals surface area (Å²) in [7, 11) is 1.70. The Bertz CT molecular complexity index is 1080. The Kier molecular flexibility index (Phi) is 5.92. The number of hydrogen-bond donors (Lipinski definition) is 1. The van der Waals surface area contributed by atoms with Crippen LogP contribution in [0.1, 0.15) is 46.5 Å². The Morgan fingerprint density at radius 2 is 1.86 bits per heavy atom. The maximum absolute atomic E-state index is 13.1. The van der Waals surface area contributed by atoms with Crippen LogP contribution in [0.2, 0.25) is 0 Å². The number of rotatable bonds is 4. The van der Waals surface area contributed by atoms with Crippen LogP contribution in [0.3, 0.4) is 0 Å². The molecule has 0 atom stereocenters. The molecule has 0 saturated heterocycles. The van der Waals surface area contributed by atoms with Crippen molar-refractivity contribution in [2.24, 2.45) is 0 Å². The van der Waals surface area contributed by atoms with Gasteiger partial charge in [-0.1, -0.05) is 26.0 Å². The number of carbonyl (C=O) groups excluding carboxylic acids is 1. The molecule has 4 rings (SSSR count). The van der Waals surface area contributed by atoms with Gasteiger partial charge in [-0.3, -0.25) is 14.6 Å². The number of carboxylic acids is 1. The highest BCUT2D eigenvalue weighted by molar-refractivity contribution is 6.03. The topological polar surface area (TPSA) is 70.5 Å². The molecule has 0 spiro atoms. The summed E-state index contributed by atoms with van der Waals surface area (Å²) in [6.07, 6.45) is 2.11. The molecule has 1 N–H and O–H groups in total. The predicted molar refractivity (Wildman–Crippen MR) is 109 cm³/mol. The van der Waals surface area contributed by atoms with Crippen LogP contribution in [-0.2, 0) is 24.2 Å². The fourth-order valence-electron chi connectivity index (χ4n) is 3.60. The second kappa shape index (κ2) is 8.39. The average molecular weight is 394 g/mol. The molecule has 2 heterocycles. The third-order valence-corrected chi connectivity index (χ3v) is 4.89. The van der Waals surface area contributed by atoms with Crippen molar-refractivity contribution in [2.45, 2.75) is 33.2 Å². The second-order valence-electron chi connectivity index (χ2n) is 6.83. The summed E-state index contributed by atoms with van der Waals surface area (Å²) in [5, 5.41) is 10.1. The quantitative estimate of drug-likeness (QED) is 0.720. The number of pyridine rings is 1. The summed E-state index contributed by atoms with van der Waals surface area (Å²) in [5.74, 6) is -1.35. The second-order valence-corrected chi connectivity index (χ2v) is 6.83. The van der Waals surface area contributed by atoms with Crippen LogP contribution in [-0.4, -0.2) is 33.9 Å². The molecule has 1 aromatic heterocycles. The van der Waals surface area contributed by atoms with Gasteiger partial charge in [0.1, 0.15) is 5.82 Å². The van der Waals surface area contributed by atoms with Crippen molar-refractivity contribution >= 4 is 22.8 Å². The first-order valence-electron chi connectivity index (χ1n) is 9.57. The highest BCUT2D eigenvalue weighted by atomic mass is 19.1. The first-order chi connectivity index (χ1) is 13.9. The van der Waals surface area contributed by atoms with Crippen molar-refractivity contribution in [3.05, 3.63) is 76.2 Å². The van der Waals surface area contributed by atoms with Crippen LogP contribution >= 0.6 is 0 Å². The van der Waals surface area contributed by atoms with E-state index >= 15 is 0 Å². The van der Waals surface area contributed by atoms with E-state index in [1.807, 2.05) is 19.9 Å². The Labute approximate surface area is 168 Å². The minimum Gasteiger partial charge on any atom is -0.481 e. The Morgan fingerprint density at radius 3 is 2.52 bits per heavy atom. The molecule has 1 aliphatic heterocycles. The first-order valence-corrected chi connectivity index (χ1v) is 9.57. The first kappa shape index (κ1) is 20.5. The van der Waals surface area contributed by atoms with E-state index in [9.17, 15) is 19.1 Å². The SMILES string of the molecule is CC.CN1Cc2c(cc3ncc(Cc4ccc(F)cc4)cc3c2CC(=O)O)C1=O. The van der Waals surface area contributed by atoms with Crippen molar-refractivity contribution in [3.63, 3.8) is 0 Å². The molecule has 0 fully saturated rings. The van der Waals surface area contributed by atoms with Gasteiger partial charge in [0.15, 0.2) is 0 Å². The van der Waals surface area contributed by atoms with E-state index in [0.717, 1.165) is 22.1 Å². The molecule has 1 amide bonds. The summed E-state index contributed by atoms with van der Waals surface area (Å²) in [6.45, 7) is 4.40. The highest BCUT2D eigenvalue weighted by Crippen LogP contribution is 2.32. The average Bonchev–Trinajstić information content (AvgIpc) is 2.99. The van der Waals surface area contributed by atoms with Crippen LogP contribution < -0.4 is 0 Å². The number of nitrogens with zero attached hydrogens (tertiary/aromatic N) is 2. The summed E-state index contributed by atoms with van der Waals surface area (Å²) in [6, 6.07) is 9.92. The molecular weight excluding hydrogens is 371 g/mol. The maximum Gasteiger partial charge on any atom is 0.307 e. The van der Waals surface area contributed by atoms with E-state index in [-0.39, 0.29) is 18.1 Å². The third-order valence-electron chi connectivity index (χ3n) is 4.89. The van der Waals surface area contributed by atoms with Crippen molar-refractivity contribution in [2.75, 3.05) is 7.05 Å². The van der Waals surface area contributed by atoms with Gasteiger partial charge in [0.05, 0.1) is 11.9 Å². The number of benzene rings is 2. The van der Waals surface area contributed by atoms with Gasteiger partial charge in [-0.15, -0.1) is 0 Å². The van der Waals surface area contributed by atoms with Crippen LogP contribution in [0.5, 0.6) is 0 Å². The Hall–Kier alpha value is -3.28. The number of fused-ring (bicyclic) bond motifs is 2. The summed E-state index contributed by atoms with van der Waals surface area (Å²) < 4.78 is 13.1. The Morgan fingerprint density at radius 1 is 1.17 bits per heavy atom. The molecule has 5 nitrogen and oxygen atoms in total. The van der Waals surface area contributed by atoms with E-state index in [1.54, 1.807) is 36.3 Å². The predicted octanol–water partition coefficient (Wildman–Crippen LogP) is 4.20. The number of hydrogen-bond acceptors (Lipinski definition) is 3. The van der Waals surface area contributed by atoms with Crippen LogP contribution in [0.15, 0.2) is 42.6 Å². The monoisotopic (exact) mass is 394 g/mol. The van der Waals surface area contributed by atoms with E-state index in [1.165, 1.54) is 12.1 Å². The van der Waals surface area contributed by atoms with Gasteiger partial charge in [-0.2, -0.15) is 0 Å². The van der Waals surface area contributed by atoms with Crippen molar-refractivity contribution in [1.29, 1.82) is 0 Å². The smallest absolute Gasteiger partial charge is 0.307 e. The normalized spacial score (nSPS) is 12.6. The lowest BCUT2D eigenvalue weighted by molar-refractivity contribution is -0.136. The number of amides is 1. The molecule has 6 heteroatoms. The molecule has 0 bridgehead atoms. The van der Waals surface area contributed by atoms with E-state index in [4.69, 9.17) is 0 Å². The number of halogens is 1. The molecule has 2 aromatic carbocycles. The van der Waals surface area contributed by atoms with Crippen LogP contribution in [0.25, 0.3) is 10.9 Å². The standard InChI is InChI=1S/C21H17FN2O3.C2H6/c1-24-11-18-15(9-20(25)26)16-7-13(6-12-2-4-14(22)5-3-12)10-23-19(16)8-17(18)21(24)27;1-2/h2-5,7-8,10H,6,9,11H2,1H3,(H,25,26);1-2H3. The van der Waals surface area contributed by atoms with Crippen LogP contribution in [0.4, 0.5) is 4.39 Å². The van der Waals surface area contributed by atoms with Crippen molar-refractivity contribution < 1.29 is 19.1 Å². The number of aromatic nitrogens is 1. The largest absolute Gasteiger partial charge is 0.481 e. The lowest BCUT2D eigenvalue weighted by Gasteiger charge is -2.11. The lowest BCUT2D eigenvalue weighted by Crippen LogP contribution is -2.17. The molecule has 0 unspecified atom stereocenters. The number of aliphatic carboxylic acids is 1. The molecule has 0 saturated carbocycles. The fourth-order valence-corrected chi connectivity index (χ4v) is 3.60. The van der Waals surface area contributed by atoms with Gasteiger partial charge >= 0.3 is 5.97 Å². The molecule has 150 valence electrons. The highest BCUT2D eigenvalue weighted by Gasteiger charge is 2.29. The zero-order valence-corrected chi connectivity index (χ0v) is 16.7. The minimum absolute atomic E-state index is 0.115. The summed E-state index contributed by atoms with van der Waals surface area (Å²) >= 11 is 0. The third kappa shape index (κ3) is 4.11. The lowest BCUT2D eigenvalue weighted by atomic mass is 9.94. The molecule has 3 aromatic rings. The molecule has 1 aliphatic rings. The van der Waals surface area contributed by atoms with Gasteiger partial charge < -0.3 is 10.0 Å². The van der Waals surface area contributed by atoms with E-state index in [2.05, 4.69) is 4.98 Å². The number of carbonyl (C=O) groups is 2. The van der Waals surface area contributed by atoms with Crippen LogP contribution in [0, 0.1) is 5.82 Å². The Balaban J connectivity index is 0.00000117. The van der Waals surface area contributed by atoms with Gasteiger partial charge in [-0.25, -0.2) is 4.39 Å². The van der Waals surface area contributed by atoms with E-state index in [0.29, 0.717) is 29.6 Å². The summed E-state index contributed by atoms with van der Waals surface area (Å²) in [4.78, 5) is 29.8. The molecule has 29 heavy (non-hydrogen) atoms.